The fourth-order valence-corrected chi connectivity index (χ4v) is 3.09. The lowest BCUT2D eigenvalue weighted by Gasteiger charge is -2.11. The summed E-state index contributed by atoms with van der Waals surface area (Å²) in [6.45, 7) is 2.07. The van der Waals surface area contributed by atoms with Gasteiger partial charge in [0.1, 0.15) is 0 Å². The SMILES string of the molecule is Cc1ccc(-c2nnc3n2N=C(CBr)CS3)cc1. The normalized spacial score (nSPS) is 14.2. The maximum Gasteiger partial charge on any atom is 0.212 e. The third kappa shape index (κ3) is 2.10. The molecule has 1 aromatic heterocycles. The number of fused-ring (bicyclic) bond motifs is 1. The van der Waals surface area contributed by atoms with Gasteiger partial charge in [-0.1, -0.05) is 57.5 Å². The third-order valence-corrected chi connectivity index (χ3v) is 4.32. The molecule has 1 aliphatic heterocycles. The van der Waals surface area contributed by atoms with Crippen LogP contribution in [0.15, 0.2) is 34.5 Å². The summed E-state index contributed by atoms with van der Waals surface area (Å²) in [6.07, 6.45) is 0. The molecule has 0 spiro atoms. The first-order valence-corrected chi connectivity index (χ1v) is 7.66. The van der Waals surface area contributed by atoms with Crippen LogP contribution in [-0.2, 0) is 0 Å². The van der Waals surface area contributed by atoms with E-state index in [4.69, 9.17) is 0 Å². The van der Waals surface area contributed by atoms with Crippen molar-refractivity contribution in [3.8, 4) is 11.4 Å². The molecule has 0 bridgehead atoms. The molecule has 0 fully saturated rings. The van der Waals surface area contributed by atoms with Crippen LogP contribution in [0.25, 0.3) is 11.4 Å². The van der Waals surface area contributed by atoms with E-state index < -0.39 is 0 Å². The maximum absolute atomic E-state index is 4.56. The number of thioether (sulfide) groups is 1. The second-order valence-corrected chi connectivity index (χ2v) is 5.58. The number of benzene rings is 1. The minimum Gasteiger partial charge on any atom is -0.187 e. The van der Waals surface area contributed by atoms with Gasteiger partial charge in [-0.3, -0.25) is 0 Å². The lowest BCUT2D eigenvalue weighted by Crippen LogP contribution is -2.13. The second kappa shape index (κ2) is 4.85. The van der Waals surface area contributed by atoms with Crippen molar-refractivity contribution in [1.29, 1.82) is 0 Å². The molecule has 4 nitrogen and oxygen atoms in total. The molecular formula is C12H11BrN4S. The van der Waals surface area contributed by atoms with Crippen molar-refractivity contribution in [2.45, 2.75) is 12.1 Å². The lowest BCUT2D eigenvalue weighted by molar-refractivity contribution is 0.761. The van der Waals surface area contributed by atoms with Crippen molar-refractivity contribution < 1.29 is 0 Å². The molecule has 1 aliphatic rings. The number of hydrogen-bond acceptors (Lipinski definition) is 4. The van der Waals surface area contributed by atoms with E-state index >= 15 is 0 Å². The first-order valence-electron chi connectivity index (χ1n) is 5.56. The number of alkyl halides is 1. The zero-order valence-corrected chi connectivity index (χ0v) is 12.2. The molecule has 0 aliphatic carbocycles. The first kappa shape index (κ1) is 11.9. The third-order valence-electron chi connectivity index (χ3n) is 2.69. The van der Waals surface area contributed by atoms with Crippen LogP contribution in [0.2, 0.25) is 0 Å². The molecule has 18 heavy (non-hydrogen) atoms. The van der Waals surface area contributed by atoms with Gasteiger partial charge in [0, 0.05) is 16.6 Å². The van der Waals surface area contributed by atoms with Crippen molar-refractivity contribution in [2.24, 2.45) is 5.10 Å². The van der Waals surface area contributed by atoms with E-state index in [1.807, 2.05) is 4.68 Å². The molecule has 0 saturated heterocycles. The van der Waals surface area contributed by atoms with Gasteiger partial charge in [0.25, 0.3) is 0 Å². The topological polar surface area (TPSA) is 43.1 Å². The van der Waals surface area contributed by atoms with Gasteiger partial charge in [0.2, 0.25) is 5.16 Å². The number of aromatic nitrogens is 3. The standard InChI is InChI=1S/C12H11BrN4S/c1-8-2-4-9(5-3-8)11-14-15-12-17(11)16-10(6-13)7-18-12/h2-5H,6-7H2,1H3. The summed E-state index contributed by atoms with van der Waals surface area (Å²) in [5, 5.41) is 14.6. The van der Waals surface area contributed by atoms with E-state index in [9.17, 15) is 0 Å². The van der Waals surface area contributed by atoms with Gasteiger partial charge in [0.15, 0.2) is 5.82 Å². The maximum atomic E-state index is 4.56. The Bertz CT molecular complexity index is 603. The van der Waals surface area contributed by atoms with Gasteiger partial charge in [-0.15, -0.1) is 10.2 Å². The number of nitrogens with zero attached hydrogens (tertiary/aromatic N) is 4. The Hall–Kier alpha value is -1.14. The first-order chi connectivity index (χ1) is 8.78. The second-order valence-electron chi connectivity index (χ2n) is 4.07. The quantitative estimate of drug-likeness (QED) is 0.798. The summed E-state index contributed by atoms with van der Waals surface area (Å²) < 4.78 is 1.83. The molecule has 92 valence electrons. The molecule has 0 atom stereocenters. The highest BCUT2D eigenvalue weighted by Gasteiger charge is 2.19. The minimum atomic E-state index is 0.783. The van der Waals surface area contributed by atoms with Crippen LogP contribution in [0, 0.1) is 6.92 Å². The van der Waals surface area contributed by atoms with Gasteiger partial charge in [-0.25, -0.2) is 0 Å². The van der Waals surface area contributed by atoms with Crippen molar-refractivity contribution in [2.75, 3.05) is 11.1 Å². The van der Waals surface area contributed by atoms with Crippen LogP contribution >= 0.6 is 27.7 Å². The molecule has 0 amide bonds. The Morgan fingerprint density at radius 3 is 2.78 bits per heavy atom. The molecule has 0 saturated carbocycles. The van der Waals surface area contributed by atoms with E-state index in [0.29, 0.717) is 0 Å². The Morgan fingerprint density at radius 2 is 2.06 bits per heavy atom. The summed E-state index contributed by atoms with van der Waals surface area (Å²) in [6, 6.07) is 8.24. The van der Waals surface area contributed by atoms with Crippen molar-refractivity contribution >= 4 is 33.4 Å². The fourth-order valence-electron chi connectivity index (χ4n) is 1.71. The average molecular weight is 323 g/mol. The van der Waals surface area contributed by atoms with Crippen LogP contribution in [-0.4, -0.2) is 31.7 Å². The van der Waals surface area contributed by atoms with E-state index in [1.54, 1.807) is 11.8 Å². The molecule has 1 aromatic carbocycles. The molecular weight excluding hydrogens is 312 g/mol. The Balaban J connectivity index is 2.08. The molecule has 0 unspecified atom stereocenters. The summed E-state index contributed by atoms with van der Waals surface area (Å²) in [4.78, 5) is 0. The smallest absolute Gasteiger partial charge is 0.187 e. The Morgan fingerprint density at radius 1 is 1.28 bits per heavy atom. The lowest BCUT2D eigenvalue weighted by atomic mass is 10.1. The predicted molar refractivity (Wildman–Crippen MR) is 77.5 cm³/mol. The number of rotatable bonds is 2. The molecule has 0 radical (unpaired) electrons. The summed E-state index contributed by atoms with van der Waals surface area (Å²) >= 11 is 5.11. The zero-order chi connectivity index (χ0) is 12.5. The monoisotopic (exact) mass is 322 g/mol. The molecule has 3 rings (SSSR count). The average Bonchev–Trinajstić information content (AvgIpc) is 2.82. The highest BCUT2D eigenvalue weighted by Crippen LogP contribution is 2.27. The Labute approximate surface area is 118 Å². The number of hydrogen-bond donors (Lipinski definition) is 0. The molecule has 0 N–H and O–H groups in total. The number of aryl methyl sites for hydroxylation is 1. The van der Waals surface area contributed by atoms with Crippen molar-refractivity contribution in [1.82, 2.24) is 14.9 Å². The highest BCUT2D eigenvalue weighted by molar-refractivity contribution is 9.09. The molecule has 2 aromatic rings. The Kier molecular flexibility index (Phi) is 3.22. The highest BCUT2D eigenvalue weighted by atomic mass is 79.9. The largest absolute Gasteiger partial charge is 0.212 e. The zero-order valence-electron chi connectivity index (χ0n) is 9.80. The van der Waals surface area contributed by atoms with Crippen LogP contribution in [0.4, 0.5) is 0 Å². The van der Waals surface area contributed by atoms with Gasteiger partial charge >= 0.3 is 0 Å². The van der Waals surface area contributed by atoms with Gasteiger partial charge in [-0.2, -0.15) is 9.78 Å². The summed E-state index contributed by atoms with van der Waals surface area (Å²) in [5.74, 6) is 1.67. The van der Waals surface area contributed by atoms with Crippen LogP contribution in [0.5, 0.6) is 0 Å². The van der Waals surface area contributed by atoms with Gasteiger partial charge < -0.3 is 0 Å². The minimum absolute atomic E-state index is 0.783. The molecule has 2 heterocycles. The van der Waals surface area contributed by atoms with Crippen molar-refractivity contribution in [3.05, 3.63) is 29.8 Å². The number of halogens is 1. The summed E-state index contributed by atoms with van der Waals surface area (Å²) in [7, 11) is 0. The molecule has 6 heteroatoms. The van der Waals surface area contributed by atoms with E-state index in [-0.39, 0.29) is 0 Å². The van der Waals surface area contributed by atoms with Crippen LogP contribution in [0.1, 0.15) is 5.56 Å². The van der Waals surface area contributed by atoms with E-state index in [1.165, 1.54) is 5.56 Å². The predicted octanol–water partition coefficient (Wildman–Crippen LogP) is 2.96. The van der Waals surface area contributed by atoms with Crippen LogP contribution < -0.4 is 0 Å². The van der Waals surface area contributed by atoms with Gasteiger partial charge in [-0.05, 0) is 6.92 Å². The van der Waals surface area contributed by atoms with Gasteiger partial charge in [0.05, 0.1) is 5.71 Å². The van der Waals surface area contributed by atoms with E-state index in [2.05, 4.69) is 62.4 Å². The van der Waals surface area contributed by atoms with Crippen molar-refractivity contribution in [3.63, 3.8) is 0 Å². The van der Waals surface area contributed by atoms with Crippen LogP contribution in [0.3, 0.4) is 0 Å². The summed E-state index contributed by atoms with van der Waals surface area (Å²) in [5.41, 5.74) is 3.37. The van der Waals surface area contributed by atoms with E-state index in [0.717, 1.165) is 33.3 Å². The fraction of sp³-hybridized carbons (Fsp3) is 0.250.